The van der Waals surface area contributed by atoms with Gasteiger partial charge in [0.25, 0.3) is 0 Å². The maximum Gasteiger partial charge on any atom is 0.138 e. The molecule has 5 heterocycles. The minimum absolute atomic E-state index is 0.612. The molecule has 5 aromatic rings. The monoisotopic (exact) mass is 394 g/mol. The third kappa shape index (κ3) is 2.88. The molecular formula is C24H22N6. The second-order valence-electron chi connectivity index (χ2n) is 7.94. The van der Waals surface area contributed by atoms with Crippen LogP contribution in [0, 0.1) is 0 Å². The number of aromatic nitrogens is 5. The molecule has 1 saturated heterocycles. The molecule has 6 rings (SSSR count). The Labute approximate surface area is 173 Å². The molecule has 0 amide bonds. The van der Waals surface area contributed by atoms with Crippen LogP contribution in [-0.2, 0) is 0 Å². The van der Waals surface area contributed by atoms with E-state index in [9.17, 15) is 0 Å². The van der Waals surface area contributed by atoms with Crippen LogP contribution in [-0.4, -0.2) is 38.2 Å². The molecule has 0 aliphatic carbocycles. The van der Waals surface area contributed by atoms with Gasteiger partial charge in [-0.05, 0) is 84.9 Å². The predicted molar refractivity (Wildman–Crippen MR) is 119 cm³/mol. The second-order valence-corrected chi connectivity index (χ2v) is 7.94. The Morgan fingerprint density at radius 1 is 0.867 bits per heavy atom. The summed E-state index contributed by atoms with van der Waals surface area (Å²) in [6.07, 6.45) is 7.85. The van der Waals surface area contributed by atoms with Crippen LogP contribution in [0.4, 0.5) is 0 Å². The van der Waals surface area contributed by atoms with Crippen molar-refractivity contribution >= 4 is 21.9 Å². The third-order valence-electron chi connectivity index (χ3n) is 6.18. The van der Waals surface area contributed by atoms with Gasteiger partial charge in [0.05, 0.1) is 11.2 Å². The topological polar surface area (TPSA) is 82.3 Å². The summed E-state index contributed by atoms with van der Waals surface area (Å²) < 4.78 is 0. The zero-order valence-corrected chi connectivity index (χ0v) is 16.5. The first-order chi connectivity index (χ1) is 14.9. The van der Waals surface area contributed by atoms with Crippen LogP contribution in [0.2, 0.25) is 0 Å². The van der Waals surface area contributed by atoms with Crippen LogP contribution in [0.1, 0.15) is 24.3 Å². The SMILES string of the molecule is c1cc(-c2ccnc3[nH]c(-c4n[nH]c5ccc(C6CCNCC6)cc45)cc23)ccn1. The minimum Gasteiger partial charge on any atom is -0.338 e. The number of H-pyrrole nitrogens is 2. The van der Waals surface area contributed by atoms with Gasteiger partial charge in [-0.1, -0.05) is 6.07 Å². The summed E-state index contributed by atoms with van der Waals surface area (Å²) in [7, 11) is 0. The summed E-state index contributed by atoms with van der Waals surface area (Å²) in [5.74, 6) is 0.612. The molecule has 1 aliphatic rings. The van der Waals surface area contributed by atoms with Gasteiger partial charge in [0.15, 0.2) is 0 Å². The number of fused-ring (bicyclic) bond motifs is 2. The van der Waals surface area contributed by atoms with E-state index in [4.69, 9.17) is 0 Å². The normalized spacial score (nSPS) is 15.2. The smallest absolute Gasteiger partial charge is 0.138 e. The molecule has 148 valence electrons. The lowest BCUT2D eigenvalue weighted by Crippen LogP contribution is -2.26. The number of benzene rings is 1. The highest BCUT2D eigenvalue weighted by Crippen LogP contribution is 2.35. The van der Waals surface area contributed by atoms with Crippen molar-refractivity contribution in [3.8, 4) is 22.5 Å². The molecule has 0 saturated carbocycles. The first kappa shape index (κ1) is 17.4. The zero-order valence-electron chi connectivity index (χ0n) is 16.5. The summed E-state index contributed by atoms with van der Waals surface area (Å²) in [5.41, 5.74) is 7.52. The molecule has 0 atom stereocenters. The average molecular weight is 394 g/mol. The van der Waals surface area contributed by atoms with Gasteiger partial charge in [0, 0.05) is 29.4 Å². The van der Waals surface area contributed by atoms with Gasteiger partial charge >= 0.3 is 0 Å². The summed E-state index contributed by atoms with van der Waals surface area (Å²) in [5, 5.41) is 13.5. The van der Waals surface area contributed by atoms with E-state index in [0.717, 1.165) is 57.5 Å². The molecule has 1 aromatic carbocycles. The molecule has 1 aliphatic heterocycles. The van der Waals surface area contributed by atoms with Crippen LogP contribution in [0.15, 0.2) is 61.1 Å². The molecule has 30 heavy (non-hydrogen) atoms. The largest absolute Gasteiger partial charge is 0.338 e. The van der Waals surface area contributed by atoms with Crippen molar-refractivity contribution < 1.29 is 0 Å². The van der Waals surface area contributed by atoms with E-state index in [2.05, 4.69) is 54.7 Å². The number of nitrogens with one attached hydrogen (secondary N) is 3. The zero-order chi connectivity index (χ0) is 19.9. The van der Waals surface area contributed by atoms with Gasteiger partial charge in [-0.15, -0.1) is 0 Å². The van der Waals surface area contributed by atoms with Crippen LogP contribution in [0.5, 0.6) is 0 Å². The second kappa shape index (κ2) is 7.07. The number of rotatable bonds is 3. The fourth-order valence-electron chi connectivity index (χ4n) is 4.58. The fraction of sp³-hybridized carbons (Fsp3) is 0.208. The highest BCUT2D eigenvalue weighted by atomic mass is 15.1. The van der Waals surface area contributed by atoms with Gasteiger partial charge in [-0.2, -0.15) is 5.10 Å². The van der Waals surface area contributed by atoms with Gasteiger partial charge in [-0.3, -0.25) is 10.1 Å². The van der Waals surface area contributed by atoms with Crippen LogP contribution < -0.4 is 5.32 Å². The molecule has 3 N–H and O–H groups in total. The highest BCUT2D eigenvalue weighted by Gasteiger charge is 2.18. The molecule has 4 aromatic heterocycles. The van der Waals surface area contributed by atoms with Gasteiger partial charge in [0.1, 0.15) is 11.3 Å². The molecule has 1 fully saturated rings. The Morgan fingerprint density at radius 3 is 2.60 bits per heavy atom. The number of nitrogens with zero attached hydrogens (tertiary/aromatic N) is 3. The van der Waals surface area contributed by atoms with E-state index >= 15 is 0 Å². The van der Waals surface area contributed by atoms with Crippen molar-refractivity contribution in [3.05, 3.63) is 66.6 Å². The Bertz CT molecular complexity index is 1330. The lowest BCUT2D eigenvalue weighted by atomic mass is 9.89. The predicted octanol–water partition coefficient (Wildman–Crippen LogP) is 4.64. The van der Waals surface area contributed by atoms with E-state index in [1.165, 1.54) is 18.4 Å². The summed E-state index contributed by atoms with van der Waals surface area (Å²) in [6, 6.07) is 15.0. The number of aromatic amines is 2. The van der Waals surface area contributed by atoms with E-state index < -0.39 is 0 Å². The van der Waals surface area contributed by atoms with E-state index in [0.29, 0.717) is 5.92 Å². The first-order valence-electron chi connectivity index (χ1n) is 10.4. The van der Waals surface area contributed by atoms with Crippen molar-refractivity contribution in [1.29, 1.82) is 0 Å². The lowest BCUT2D eigenvalue weighted by Gasteiger charge is -2.23. The van der Waals surface area contributed by atoms with E-state index in [1.807, 2.05) is 36.8 Å². The lowest BCUT2D eigenvalue weighted by molar-refractivity contribution is 0.460. The Kier molecular flexibility index (Phi) is 4.09. The fourth-order valence-corrected chi connectivity index (χ4v) is 4.58. The van der Waals surface area contributed by atoms with Crippen LogP contribution >= 0.6 is 0 Å². The van der Waals surface area contributed by atoms with Gasteiger partial charge < -0.3 is 10.3 Å². The van der Waals surface area contributed by atoms with Crippen molar-refractivity contribution in [2.75, 3.05) is 13.1 Å². The van der Waals surface area contributed by atoms with Gasteiger partial charge in [0.2, 0.25) is 0 Å². The quantitative estimate of drug-likeness (QED) is 0.416. The molecule has 6 nitrogen and oxygen atoms in total. The standard InChI is InChI=1S/C24H22N6/c1-2-21-20(13-17(1)15-3-8-25-9-4-15)23(30-29-21)22-14-19-18(7-12-27-24(19)28-22)16-5-10-26-11-6-16/h1-2,5-7,10-15,25H,3-4,8-9H2,(H,27,28)(H,29,30). The maximum atomic E-state index is 4.64. The molecule has 0 unspecified atom stereocenters. The average Bonchev–Trinajstić information content (AvgIpc) is 3.43. The number of hydrogen-bond donors (Lipinski definition) is 3. The molecule has 0 spiro atoms. The van der Waals surface area contributed by atoms with Crippen molar-refractivity contribution in [2.24, 2.45) is 0 Å². The minimum atomic E-state index is 0.612. The first-order valence-corrected chi connectivity index (χ1v) is 10.4. The summed E-state index contributed by atoms with van der Waals surface area (Å²) >= 11 is 0. The molecule has 0 bridgehead atoms. The summed E-state index contributed by atoms with van der Waals surface area (Å²) in [4.78, 5) is 12.2. The number of hydrogen-bond acceptors (Lipinski definition) is 4. The van der Waals surface area contributed by atoms with Crippen LogP contribution in [0.25, 0.3) is 44.5 Å². The van der Waals surface area contributed by atoms with E-state index in [-0.39, 0.29) is 0 Å². The molecule has 0 radical (unpaired) electrons. The maximum absolute atomic E-state index is 4.64. The number of piperidine rings is 1. The number of pyridine rings is 2. The Morgan fingerprint density at radius 2 is 1.73 bits per heavy atom. The van der Waals surface area contributed by atoms with Crippen molar-refractivity contribution in [3.63, 3.8) is 0 Å². The Hall–Kier alpha value is -3.51. The van der Waals surface area contributed by atoms with Crippen molar-refractivity contribution in [1.82, 2.24) is 30.5 Å². The molecular weight excluding hydrogens is 372 g/mol. The third-order valence-corrected chi connectivity index (χ3v) is 6.18. The van der Waals surface area contributed by atoms with E-state index in [1.54, 1.807) is 0 Å². The summed E-state index contributed by atoms with van der Waals surface area (Å²) in [6.45, 7) is 2.18. The Balaban J connectivity index is 1.47. The highest BCUT2D eigenvalue weighted by molar-refractivity contribution is 5.99. The molecule has 6 heteroatoms. The van der Waals surface area contributed by atoms with Crippen molar-refractivity contribution in [2.45, 2.75) is 18.8 Å². The van der Waals surface area contributed by atoms with Gasteiger partial charge in [-0.25, -0.2) is 4.98 Å². The van der Waals surface area contributed by atoms with Crippen LogP contribution in [0.3, 0.4) is 0 Å².